The van der Waals surface area contributed by atoms with Gasteiger partial charge < -0.3 is 20.3 Å². The molecular weight excluding hydrogens is 316 g/mol. The number of amides is 2. The molecule has 3 atom stereocenters. The highest BCUT2D eigenvalue weighted by atomic mass is 16.5. The number of urea groups is 1. The zero-order chi connectivity index (χ0) is 17.6. The molecule has 2 aliphatic rings. The number of nitrogens with zero attached hydrogens (tertiary/aromatic N) is 2. The fraction of sp³-hybridized carbons (Fsp3) is 0.684. The SMILES string of the molecule is C[C@@H]1CC[C@H](NC(=O)NCc2ccnc(N3CCOCC3)c2)[C@H](C)C1. The molecule has 0 bridgehead atoms. The Morgan fingerprint density at radius 2 is 2.12 bits per heavy atom. The summed E-state index contributed by atoms with van der Waals surface area (Å²) in [5.74, 6) is 2.27. The van der Waals surface area contributed by atoms with E-state index in [0.717, 1.165) is 50.0 Å². The minimum Gasteiger partial charge on any atom is -0.378 e. The molecule has 138 valence electrons. The number of carbonyl (C=O) groups is 1. The minimum atomic E-state index is -0.0730. The highest BCUT2D eigenvalue weighted by Gasteiger charge is 2.26. The van der Waals surface area contributed by atoms with Gasteiger partial charge in [0, 0.05) is 31.9 Å². The maximum atomic E-state index is 12.2. The standard InChI is InChI=1S/C19H30N4O2/c1-14-3-4-17(15(2)11-14)22-19(24)21-13-16-5-6-20-18(12-16)23-7-9-25-10-8-23/h5-6,12,14-15,17H,3-4,7-11,13H2,1-2H3,(H2,21,22,24)/t14-,15-,17+/m1/s1. The molecule has 1 saturated heterocycles. The molecule has 6 heteroatoms. The topological polar surface area (TPSA) is 66.5 Å². The maximum absolute atomic E-state index is 12.2. The summed E-state index contributed by atoms with van der Waals surface area (Å²) in [6, 6.07) is 4.22. The van der Waals surface area contributed by atoms with Crippen molar-refractivity contribution in [3.8, 4) is 0 Å². The molecule has 0 radical (unpaired) electrons. The van der Waals surface area contributed by atoms with Crippen LogP contribution in [0.1, 0.15) is 38.7 Å². The molecule has 0 spiro atoms. The fourth-order valence-electron chi connectivity index (χ4n) is 3.82. The van der Waals surface area contributed by atoms with Crippen molar-refractivity contribution in [2.45, 2.75) is 45.7 Å². The summed E-state index contributed by atoms with van der Waals surface area (Å²) in [6.07, 6.45) is 5.28. The first-order chi connectivity index (χ1) is 12.1. The van der Waals surface area contributed by atoms with Crippen molar-refractivity contribution in [3.63, 3.8) is 0 Å². The Morgan fingerprint density at radius 1 is 1.32 bits per heavy atom. The molecule has 6 nitrogen and oxygen atoms in total. The summed E-state index contributed by atoms with van der Waals surface area (Å²) < 4.78 is 5.38. The van der Waals surface area contributed by atoms with E-state index in [9.17, 15) is 4.79 Å². The molecule has 0 unspecified atom stereocenters. The number of hydrogen-bond donors (Lipinski definition) is 2. The van der Waals surface area contributed by atoms with Crippen LogP contribution < -0.4 is 15.5 Å². The summed E-state index contributed by atoms with van der Waals surface area (Å²) >= 11 is 0. The summed E-state index contributed by atoms with van der Waals surface area (Å²) in [5, 5.41) is 6.13. The van der Waals surface area contributed by atoms with Crippen LogP contribution in [0.3, 0.4) is 0 Å². The fourth-order valence-corrected chi connectivity index (χ4v) is 3.82. The number of pyridine rings is 1. The average Bonchev–Trinajstić information content (AvgIpc) is 2.63. The van der Waals surface area contributed by atoms with Crippen molar-refractivity contribution >= 4 is 11.8 Å². The van der Waals surface area contributed by atoms with Gasteiger partial charge in [-0.3, -0.25) is 0 Å². The molecule has 1 aliphatic carbocycles. The quantitative estimate of drug-likeness (QED) is 0.879. The third-order valence-corrected chi connectivity index (χ3v) is 5.35. The van der Waals surface area contributed by atoms with Crippen LogP contribution in [0, 0.1) is 11.8 Å². The Hall–Kier alpha value is -1.82. The van der Waals surface area contributed by atoms with Gasteiger partial charge in [0.1, 0.15) is 5.82 Å². The van der Waals surface area contributed by atoms with Crippen LogP contribution in [-0.4, -0.2) is 43.4 Å². The molecule has 2 N–H and O–H groups in total. The van der Waals surface area contributed by atoms with E-state index in [1.54, 1.807) is 0 Å². The first-order valence-electron chi connectivity index (χ1n) is 9.44. The minimum absolute atomic E-state index is 0.0730. The lowest BCUT2D eigenvalue weighted by Gasteiger charge is -2.33. The number of rotatable bonds is 4. The second-order valence-corrected chi connectivity index (χ2v) is 7.45. The molecule has 1 aliphatic heterocycles. The van der Waals surface area contributed by atoms with Gasteiger partial charge in [-0.2, -0.15) is 0 Å². The van der Waals surface area contributed by atoms with Crippen LogP contribution >= 0.6 is 0 Å². The normalized spacial score (nSPS) is 27.0. The van der Waals surface area contributed by atoms with E-state index in [4.69, 9.17) is 4.74 Å². The van der Waals surface area contributed by atoms with E-state index < -0.39 is 0 Å². The predicted molar refractivity (Wildman–Crippen MR) is 98.6 cm³/mol. The van der Waals surface area contributed by atoms with Gasteiger partial charge in [0.05, 0.1) is 13.2 Å². The molecule has 1 saturated carbocycles. The molecule has 1 aromatic rings. The number of ether oxygens (including phenoxy) is 1. The van der Waals surface area contributed by atoms with E-state index in [2.05, 4.69) is 40.4 Å². The van der Waals surface area contributed by atoms with Crippen LogP contribution in [0.2, 0.25) is 0 Å². The van der Waals surface area contributed by atoms with Gasteiger partial charge in [-0.15, -0.1) is 0 Å². The van der Waals surface area contributed by atoms with E-state index in [-0.39, 0.29) is 12.1 Å². The van der Waals surface area contributed by atoms with Crippen molar-refractivity contribution < 1.29 is 9.53 Å². The zero-order valence-electron chi connectivity index (χ0n) is 15.3. The van der Waals surface area contributed by atoms with Crippen LogP contribution in [-0.2, 0) is 11.3 Å². The first-order valence-corrected chi connectivity index (χ1v) is 9.44. The summed E-state index contributed by atoms with van der Waals surface area (Å²) in [6.45, 7) is 8.25. The molecule has 2 fully saturated rings. The van der Waals surface area contributed by atoms with Crippen molar-refractivity contribution in [3.05, 3.63) is 23.9 Å². The molecule has 0 aromatic carbocycles. The highest BCUT2D eigenvalue weighted by Crippen LogP contribution is 2.28. The summed E-state index contributed by atoms with van der Waals surface area (Å²) in [4.78, 5) is 18.9. The molecule has 2 amide bonds. The summed E-state index contributed by atoms with van der Waals surface area (Å²) in [7, 11) is 0. The number of carbonyl (C=O) groups excluding carboxylic acids is 1. The van der Waals surface area contributed by atoms with Crippen LogP contribution in [0.4, 0.5) is 10.6 Å². The highest BCUT2D eigenvalue weighted by molar-refractivity contribution is 5.74. The largest absolute Gasteiger partial charge is 0.378 e. The lowest BCUT2D eigenvalue weighted by atomic mass is 9.80. The van der Waals surface area contributed by atoms with Crippen molar-refractivity contribution in [1.29, 1.82) is 0 Å². The molecular formula is C19H30N4O2. The Bertz CT molecular complexity index is 574. The van der Waals surface area contributed by atoms with Gasteiger partial charge in [0.2, 0.25) is 0 Å². The first kappa shape index (κ1) is 18.0. The van der Waals surface area contributed by atoms with E-state index >= 15 is 0 Å². The molecule has 2 heterocycles. The molecule has 25 heavy (non-hydrogen) atoms. The number of anilines is 1. The van der Waals surface area contributed by atoms with Crippen LogP contribution in [0.15, 0.2) is 18.3 Å². The van der Waals surface area contributed by atoms with E-state index in [0.29, 0.717) is 12.5 Å². The van der Waals surface area contributed by atoms with Crippen molar-refractivity contribution in [2.24, 2.45) is 11.8 Å². The number of aromatic nitrogens is 1. The maximum Gasteiger partial charge on any atom is 0.315 e. The lowest BCUT2D eigenvalue weighted by Crippen LogP contribution is -2.46. The van der Waals surface area contributed by atoms with Crippen molar-refractivity contribution in [1.82, 2.24) is 15.6 Å². The lowest BCUT2D eigenvalue weighted by molar-refractivity contribution is 0.122. The average molecular weight is 346 g/mol. The predicted octanol–water partition coefficient (Wildman–Crippen LogP) is 2.54. The molecule has 1 aromatic heterocycles. The second-order valence-electron chi connectivity index (χ2n) is 7.45. The number of hydrogen-bond acceptors (Lipinski definition) is 4. The van der Waals surface area contributed by atoms with Gasteiger partial charge in [-0.05, 0) is 48.8 Å². The Labute approximate surface area is 150 Å². The van der Waals surface area contributed by atoms with Crippen LogP contribution in [0.25, 0.3) is 0 Å². The smallest absolute Gasteiger partial charge is 0.315 e. The van der Waals surface area contributed by atoms with Gasteiger partial charge in [0.15, 0.2) is 0 Å². The monoisotopic (exact) mass is 346 g/mol. The summed E-state index contributed by atoms with van der Waals surface area (Å²) in [5.41, 5.74) is 1.07. The Balaban J connectivity index is 1.48. The van der Waals surface area contributed by atoms with Gasteiger partial charge >= 0.3 is 6.03 Å². The number of morpholine rings is 1. The number of nitrogens with one attached hydrogen (secondary N) is 2. The third kappa shape index (κ3) is 5.08. The van der Waals surface area contributed by atoms with Gasteiger partial charge in [-0.25, -0.2) is 9.78 Å². The second kappa shape index (κ2) is 8.52. The van der Waals surface area contributed by atoms with Crippen molar-refractivity contribution in [2.75, 3.05) is 31.2 Å². The zero-order valence-corrected chi connectivity index (χ0v) is 15.3. The molecule has 3 rings (SSSR count). The Kier molecular flexibility index (Phi) is 6.13. The third-order valence-electron chi connectivity index (χ3n) is 5.35. The van der Waals surface area contributed by atoms with E-state index in [1.165, 1.54) is 12.8 Å². The van der Waals surface area contributed by atoms with Crippen LogP contribution in [0.5, 0.6) is 0 Å². The van der Waals surface area contributed by atoms with Gasteiger partial charge in [0.25, 0.3) is 0 Å². The van der Waals surface area contributed by atoms with Gasteiger partial charge in [-0.1, -0.05) is 13.8 Å². The van der Waals surface area contributed by atoms with E-state index in [1.807, 2.05) is 12.3 Å². The Morgan fingerprint density at radius 3 is 2.88 bits per heavy atom.